The number of rotatable bonds is 3. The summed E-state index contributed by atoms with van der Waals surface area (Å²) in [7, 11) is -4.00. The molecule has 0 radical (unpaired) electrons. The van der Waals surface area contributed by atoms with Crippen molar-refractivity contribution in [1.29, 1.82) is 0 Å². The third-order valence-corrected chi connectivity index (χ3v) is 3.27. The van der Waals surface area contributed by atoms with Crippen LogP contribution in [0.3, 0.4) is 0 Å². The van der Waals surface area contributed by atoms with Gasteiger partial charge in [-0.2, -0.15) is 8.42 Å². The van der Waals surface area contributed by atoms with Gasteiger partial charge in [-0.15, -0.1) is 0 Å². The van der Waals surface area contributed by atoms with Gasteiger partial charge in [-0.05, 0) is 30.3 Å². The molecule has 0 fully saturated rings. The molecule has 3 N–H and O–H groups in total. The number of carboxylic acids is 2. The summed E-state index contributed by atoms with van der Waals surface area (Å²) in [6.07, 6.45) is 0. The maximum atomic E-state index is 10.4. The molecule has 7 nitrogen and oxygen atoms in total. The highest BCUT2D eigenvalue weighted by Gasteiger charge is 2.07. The lowest BCUT2D eigenvalue weighted by atomic mass is 10.1. The van der Waals surface area contributed by atoms with Crippen LogP contribution >= 0.6 is 0 Å². The molecular formula is C14H12O7S. The Balaban J connectivity index is 0.000000224. The van der Waals surface area contributed by atoms with Crippen molar-refractivity contribution in [3.8, 4) is 0 Å². The van der Waals surface area contributed by atoms with E-state index in [9.17, 15) is 18.0 Å². The summed E-state index contributed by atoms with van der Waals surface area (Å²) in [6, 6.07) is 12.6. The van der Waals surface area contributed by atoms with Crippen molar-refractivity contribution in [2.24, 2.45) is 0 Å². The van der Waals surface area contributed by atoms with Gasteiger partial charge < -0.3 is 10.2 Å². The molecule has 0 atom stereocenters. The fraction of sp³-hybridized carbons (Fsp3) is 0. The highest BCUT2D eigenvalue weighted by Crippen LogP contribution is 2.05. The van der Waals surface area contributed by atoms with E-state index in [1.54, 1.807) is 18.2 Å². The van der Waals surface area contributed by atoms with E-state index in [2.05, 4.69) is 0 Å². The Morgan fingerprint density at radius 1 is 0.773 bits per heavy atom. The zero-order valence-corrected chi connectivity index (χ0v) is 11.9. The highest BCUT2D eigenvalue weighted by atomic mass is 32.2. The average Bonchev–Trinajstić information content (AvgIpc) is 2.48. The van der Waals surface area contributed by atoms with Crippen LogP contribution in [0.15, 0.2) is 59.5 Å². The van der Waals surface area contributed by atoms with Crippen LogP contribution in [0.1, 0.15) is 20.7 Å². The maximum absolute atomic E-state index is 10.4. The fourth-order valence-electron chi connectivity index (χ4n) is 1.38. The van der Waals surface area contributed by atoms with Crippen molar-refractivity contribution in [1.82, 2.24) is 0 Å². The van der Waals surface area contributed by atoms with E-state index in [4.69, 9.17) is 14.8 Å². The third-order valence-electron chi connectivity index (χ3n) is 2.40. The molecule has 0 saturated heterocycles. The largest absolute Gasteiger partial charge is 0.478 e. The van der Waals surface area contributed by atoms with Crippen LogP contribution in [0.5, 0.6) is 0 Å². The van der Waals surface area contributed by atoms with Crippen molar-refractivity contribution in [3.63, 3.8) is 0 Å². The van der Waals surface area contributed by atoms with Crippen LogP contribution in [0.2, 0.25) is 0 Å². The molecule has 0 unspecified atom stereocenters. The first-order valence-electron chi connectivity index (χ1n) is 5.81. The topological polar surface area (TPSA) is 129 Å². The van der Waals surface area contributed by atoms with Gasteiger partial charge in [0.2, 0.25) is 0 Å². The second-order valence-electron chi connectivity index (χ2n) is 3.98. The molecular weight excluding hydrogens is 312 g/mol. The molecule has 0 amide bonds. The average molecular weight is 324 g/mol. The Hall–Kier alpha value is -2.71. The van der Waals surface area contributed by atoms with Crippen LogP contribution < -0.4 is 0 Å². The van der Waals surface area contributed by atoms with Crippen molar-refractivity contribution in [3.05, 3.63) is 65.7 Å². The molecule has 0 aliphatic carbocycles. The van der Waals surface area contributed by atoms with E-state index in [0.717, 1.165) is 6.07 Å². The molecule has 2 rings (SSSR count). The molecule has 2 aromatic carbocycles. The predicted octanol–water partition coefficient (Wildman–Crippen LogP) is 2.02. The number of hydrogen-bond donors (Lipinski definition) is 3. The van der Waals surface area contributed by atoms with Gasteiger partial charge in [0.1, 0.15) is 0 Å². The molecule has 116 valence electrons. The summed E-state index contributed by atoms with van der Waals surface area (Å²) in [6.45, 7) is 0. The van der Waals surface area contributed by atoms with Crippen molar-refractivity contribution in [2.45, 2.75) is 4.90 Å². The van der Waals surface area contributed by atoms with Crippen LogP contribution in [0.4, 0.5) is 0 Å². The number of benzene rings is 2. The molecule has 2 aromatic rings. The van der Waals surface area contributed by atoms with Crippen LogP contribution in [0.25, 0.3) is 0 Å². The predicted molar refractivity (Wildman–Crippen MR) is 76.6 cm³/mol. The van der Waals surface area contributed by atoms with Crippen molar-refractivity contribution in [2.75, 3.05) is 0 Å². The van der Waals surface area contributed by atoms with E-state index < -0.39 is 22.1 Å². The lowest BCUT2D eigenvalue weighted by Gasteiger charge is -1.95. The normalized spacial score (nSPS) is 10.2. The van der Waals surface area contributed by atoms with Gasteiger partial charge in [-0.3, -0.25) is 4.55 Å². The van der Waals surface area contributed by atoms with Gasteiger partial charge in [-0.1, -0.05) is 24.3 Å². The van der Waals surface area contributed by atoms with Crippen molar-refractivity contribution < 1.29 is 32.8 Å². The Kier molecular flexibility index (Phi) is 5.79. The molecule has 0 saturated carbocycles. The fourth-order valence-corrected chi connectivity index (χ4v) is 1.88. The van der Waals surface area contributed by atoms with Gasteiger partial charge in [0.15, 0.2) is 0 Å². The molecule has 0 aliphatic rings. The molecule has 0 heterocycles. The summed E-state index contributed by atoms with van der Waals surface area (Å²) in [5.74, 6) is -2.25. The van der Waals surface area contributed by atoms with E-state index in [0.29, 0.717) is 0 Å². The number of hydrogen-bond acceptors (Lipinski definition) is 4. The minimum absolute atomic E-state index is 0.0186. The van der Waals surface area contributed by atoms with Gasteiger partial charge in [0.05, 0.1) is 16.0 Å². The first-order valence-corrected chi connectivity index (χ1v) is 7.25. The Labute approximate surface area is 126 Å². The number of carboxylic acid groups (broad SMARTS) is 2. The zero-order chi connectivity index (χ0) is 16.8. The van der Waals surface area contributed by atoms with Crippen LogP contribution in [-0.4, -0.2) is 35.1 Å². The van der Waals surface area contributed by atoms with E-state index in [-0.39, 0.29) is 16.0 Å². The Bertz CT molecular complexity index is 738. The summed E-state index contributed by atoms with van der Waals surface area (Å²) in [5, 5.41) is 17.0. The smallest absolute Gasteiger partial charge is 0.335 e. The molecule has 8 heteroatoms. The molecule has 0 aromatic heterocycles. The minimum Gasteiger partial charge on any atom is -0.478 e. The SMILES string of the molecule is O=C(O)c1cccc(C(=O)O)c1.O=S(=O)(O)c1ccccc1. The van der Waals surface area contributed by atoms with Crippen LogP contribution in [-0.2, 0) is 10.1 Å². The molecule has 0 bridgehead atoms. The third kappa shape index (κ3) is 5.35. The highest BCUT2D eigenvalue weighted by molar-refractivity contribution is 7.85. The molecule has 0 spiro atoms. The van der Waals surface area contributed by atoms with Crippen LogP contribution in [0, 0.1) is 0 Å². The van der Waals surface area contributed by atoms with E-state index in [1.165, 1.54) is 30.3 Å². The summed E-state index contributed by atoms with van der Waals surface area (Å²) >= 11 is 0. The minimum atomic E-state index is -4.00. The number of carbonyl (C=O) groups is 2. The summed E-state index contributed by atoms with van der Waals surface area (Å²) in [5.41, 5.74) is -0.0372. The maximum Gasteiger partial charge on any atom is 0.335 e. The van der Waals surface area contributed by atoms with Crippen molar-refractivity contribution >= 4 is 22.1 Å². The van der Waals surface area contributed by atoms with Gasteiger partial charge in [0, 0.05) is 0 Å². The Morgan fingerprint density at radius 2 is 1.23 bits per heavy atom. The Morgan fingerprint density at radius 3 is 1.55 bits per heavy atom. The quantitative estimate of drug-likeness (QED) is 0.736. The monoisotopic (exact) mass is 324 g/mol. The molecule has 0 aliphatic heterocycles. The molecule has 22 heavy (non-hydrogen) atoms. The van der Waals surface area contributed by atoms with E-state index in [1.807, 2.05) is 0 Å². The first-order chi connectivity index (χ1) is 10.2. The second kappa shape index (κ2) is 7.34. The first kappa shape index (κ1) is 17.3. The summed E-state index contributed by atoms with van der Waals surface area (Å²) < 4.78 is 29.2. The number of aromatic carboxylic acids is 2. The lowest BCUT2D eigenvalue weighted by molar-refractivity contribution is 0.0696. The van der Waals surface area contributed by atoms with Gasteiger partial charge in [-0.25, -0.2) is 9.59 Å². The zero-order valence-electron chi connectivity index (χ0n) is 11.1. The lowest BCUT2D eigenvalue weighted by Crippen LogP contribution is -2.01. The summed E-state index contributed by atoms with van der Waals surface area (Å²) in [4.78, 5) is 20.7. The standard InChI is InChI=1S/C8H6O4.C6H6O3S/c9-7(10)5-2-1-3-6(4-5)8(11)12;7-10(8,9)6-4-2-1-3-5-6/h1-4H,(H,9,10)(H,11,12);1-5H,(H,7,8,9). The van der Waals surface area contributed by atoms with E-state index >= 15 is 0 Å². The van der Waals surface area contributed by atoms with Gasteiger partial charge in [0.25, 0.3) is 10.1 Å². The van der Waals surface area contributed by atoms with Gasteiger partial charge >= 0.3 is 11.9 Å². The second-order valence-corrected chi connectivity index (χ2v) is 5.40.